The Bertz CT molecular complexity index is 4070. The number of rotatable bonds is 13. The number of aliphatic hydroxyl groups excluding tert-OH is 6. The summed E-state index contributed by atoms with van der Waals surface area (Å²) >= 11 is 14.1. The van der Waals surface area contributed by atoms with E-state index < -0.39 is 237 Å². The summed E-state index contributed by atoms with van der Waals surface area (Å²) in [5, 5.41) is 131. The third kappa shape index (κ3) is 15.8. The van der Waals surface area contributed by atoms with Gasteiger partial charge in [-0.05, 0) is 103 Å². The third-order valence-corrected chi connectivity index (χ3v) is 18.6. The number of aliphatic carboxylic acids is 1. The molecule has 7 aliphatic rings. The maximum atomic E-state index is 16.0. The molecular weight excluding hydrogens is 1370 g/mol. The number of hydrogen-bond acceptors (Lipinski definition) is 25. The number of likely N-dealkylation sites (N-methyl/N-ethyl adjacent to an activating group) is 1. The molecule has 5 aromatic carbocycles. The number of aliphatic hydroxyl groups is 6. The Morgan fingerprint density at radius 3 is 1.90 bits per heavy atom. The largest absolute Gasteiger partial charge is 0.508 e. The molecule has 35 heteroatoms. The molecule has 542 valence electrons. The van der Waals surface area contributed by atoms with Gasteiger partial charge in [-0.15, -0.1) is 0 Å². The Balaban J connectivity index is 1.24. The molecule has 2 fully saturated rings. The first-order valence-electron chi connectivity index (χ1n) is 31.6. The van der Waals surface area contributed by atoms with Crippen molar-refractivity contribution >= 4 is 70.5 Å². The van der Waals surface area contributed by atoms with Crippen LogP contribution in [0.25, 0.3) is 11.1 Å². The number of aromatic hydroxyl groups is 3. The number of carbonyl (C=O) groups excluding carboxylic acids is 7. The summed E-state index contributed by atoms with van der Waals surface area (Å²) in [7, 11) is 1.47. The quantitative estimate of drug-likeness (QED) is 0.0754. The smallest absolute Gasteiger partial charge is 0.330 e. The molecule has 7 amide bonds. The molecule has 7 aliphatic heterocycles. The lowest BCUT2D eigenvalue weighted by Crippen LogP contribution is -2.63. The summed E-state index contributed by atoms with van der Waals surface area (Å²) in [5.41, 5.74) is 8.27. The molecule has 0 spiro atoms. The van der Waals surface area contributed by atoms with Crippen LogP contribution in [0.2, 0.25) is 10.0 Å². The highest BCUT2D eigenvalue weighted by Crippen LogP contribution is 2.50. The molecular formula is C66H75Cl2N9O24. The maximum Gasteiger partial charge on any atom is 0.330 e. The van der Waals surface area contributed by atoms with Crippen molar-refractivity contribution < 1.29 is 118 Å². The van der Waals surface area contributed by atoms with Crippen molar-refractivity contribution in [1.29, 1.82) is 0 Å². The summed E-state index contributed by atoms with van der Waals surface area (Å²) in [5.74, 6) is -16.7. The van der Waals surface area contributed by atoms with Crippen molar-refractivity contribution in [3.63, 3.8) is 0 Å². The number of nitrogens with one attached hydrogen (secondary N) is 7. The zero-order valence-corrected chi connectivity index (χ0v) is 55.8. The van der Waals surface area contributed by atoms with Gasteiger partial charge in [-0.3, -0.25) is 33.6 Å². The molecule has 12 rings (SSSR count). The van der Waals surface area contributed by atoms with E-state index in [4.69, 9.17) is 63.1 Å². The number of ether oxygens (including phenoxy) is 6. The van der Waals surface area contributed by atoms with Gasteiger partial charge in [-0.25, -0.2) is 4.79 Å². The van der Waals surface area contributed by atoms with Crippen LogP contribution in [-0.2, 0) is 52.6 Å². The average molecular weight is 1450 g/mol. The van der Waals surface area contributed by atoms with Crippen molar-refractivity contribution in [1.82, 2.24) is 37.2 Å². The topological polar surface area (TPSA) is 530 Å². The molecule has 7 heterocycles. The second-order valence-electron chi connectivity index (χ2n) is 25.7. The SMILES string of the molecule is CN[C@H](CC(C)C)C(=O)N[C@H]1C(=O)N[C@@H](CC(N)=O)C(=O)N[C@H]2C(=O)N[C@H]3C(=O)N[C@H](C(=O)N[C@H](C(=O)O)c4cc(O)cc(O)c4-c4cc3ccc4O)[C@H](O)c3ccc(c(Cl)c3)Oc3cc2cc(c3O[C@H]2O[C@@H](CO)[C@H](O)[C@@H](O)[C@@H]2O[C@H]2C[C@](C)(N)[C@H](C)[C@H](O)O2)Oc2ccc(cc2Cl)[C@H]1O. The number of halogens is 2. The highest BCUT2D eigenvalue weighted by atomic mass is 35.5. The number of nitrogens with two attached hydrogens (primary N) is 2. The number of benzene rings is 5. The van der Waals surface area contributed by atoms with Gasteiger partial charge < -0.3 is 128 Å². The van der Waals surface area contributed by atoms with Crippen molar-refractivity contribution in [2.24, 2.45) is 23.3 Å². The summed E-state index contributed by atoms with van der Waals surface area (Å²) in [6.45, 7) is 5.86. The second kappa shape index (κ2) is 30.2. The van der Waals surface area contributed by atoms with E-state index >= 15 is 14.4 Å². The Kier molecular flexibility index (Phi) is 22.2. The van der Waals surface area contributed by atoms with Crippen LogP contribution in [0.4, 0.5) is 0 Å². The third-order valence-electron chi connectivity index (χ3n) is 18.0. The molecule has 18 atom stereocenters. The lowest BCUT2D eigenvalue weighted by atomic mass is 9.82. The van der Waals surface area contributed by atoms with E-state index in [-0.39, 0.29) is 46.2 Å². The minimum atomic E-state index is -2.35. The van der Waals surface area contributed by atoms with Gasteiger partial charge in [0.1, 0.15) is 89.5 Å². The lowest BCUT2D eigenvalue weighted by molar-refractivity contribution is -0.348. The number of amides is 7. The van der Waals surface area contributed by atoms with Gasteiger partial charge in [-0.2, -0.15) is 0 Å². The van der Waals surface area contributed by atoms with E-state index in [1.54, 1.807) is 13.8 Å². The van der Waals surface area contributed by atoms with E-state index in [0.717, 1.165) is 66.7 Å². The first kappa shape index (κ1) is 74.5. The van der Waals surface area contributed by atoms with Gasteiger partial charge in [0.15, 0.2) is 36.2 Å². The van der Waals surface area contributed by atoms with Crippen molar-refractivity contribution in [2.75, 3.05) is 13.7 Å². The number of carboxylic acids is 1. The van der Waals surface area contributed by atoms with Gasteiger partial charge in [0.05, 0.1) is 29.1 Å². The Morgan fingerprint density at radius 1 is 0.713 bits per heavy atom. The van der Waals surface area contributed by atoms with Crippen molar-refractivity contribution in [2.45, 2.75) is 150 Å². The number of carboxylic acid groups (broad SMARTS) is 1. The first-order chi connectivity index (χ1) is 47.7. The number of hydrogen-bond donors (Lipinski definition) is 19. The van der Waals surface area contributed by atoms with E-state index in [0.29, 0.717) is 0 Å². The van der Waals surface area contributed by atoms with Crippen LogP contribution in [0.1, 0.15) is 105 Å². The second-order valence-corrected chi connectivity index (χ2v) is 26.6. The van der Waals surface area contributed by atoms with Gasteiger partial charge in [0, 0.05) is 40.6 Å². The minimum Gasteiger partial charge on any atom is -0.508 e. The molecule has 0 aliphatic carbocycles. The number of phenolic OH excluding ortho intramolecular Hbond substituents is 3. The summed E-state index contributed by atoms with van der Waals surface area (Å²) in [6, 6.07) is -0.723. The zero-order chi connectivity index (χ0) is 73.5. The van der Waals surface area contributed by atoms with Gasteiger partial charge in [-0.1, -0.05) is 62.2 Å². The minimum absolute atomic E-state index is 0.0982. The molecule has 0 saturated carbocycles. The van der Waals surface area contributed by atoms with Crippen LogP contribution < -0.4 is 62.9 Å². The highest BCUT2D eigenvalue weighted by Gasteiger charge is 2.51. The molecule has 21 N–H and O–H groups in total. The Labute approximate surface area is 584 Å². The van der Waals surface area contributed by atoms with E-state index in [9.17, 15) is 75.0 Å². The van der Waals surface area contributed by atoms with E-state index in [1.165, 1.54) is 19.2 Å². The fourth-order valence-corrected chi connectivity index (χ4v) is 12.8. The average Bonchev–Trinajstić information content (AvgIpc) is 0.775. The summed E-state index contributed by atoms with van der Waals surface area (Å²) in [4.78, 5) is 117. The van der Waals surface area contributed by atoms with Crippen LogP contribution in [0.3, 0.4) is 0 Å². The number of phenols is 3. The van der Waals surface area contributed by atoms with Crippen molar-refractivity contribution in [3.8, 4) is 57.1 Å². The first-order valence-corrected chi connectivity index (χ1v) is 32.4. The fourth-order valence-electron chi connectivity index (χ4n) is 12.3. The van der Waals surface area contributed by atoms with Gasteiger partial charge in [0.25, 0.3) is 0 Å². The lowest BCUT2D eigenvalue weighted by Gasteiger charge is -2.47. The van der Waals surface area contributed by atoms with Crippen molar-refractivity contribution in [3.05, 3.63) is 117 Å². The van der Waals surface area contributed by atoms with Gasteiger partial charge in [0.2, 0.25) is 53.4 Å². The monoisotopic (exact) mass is 1450 g/mol. The number of carbonyl (C=O) groups is 8. The van der Waals surface area contributed by atoms with Crippen LogP contribution in [-0.4, -0.2) is 185 Å². The number of fused-ring (bicyclic) bond motifs is 15. The predicted molar refractivity (Wildman–Crippen MR) is 349 cm³/mol. The van der Waals surface area contributed by atoms with Crippen LogP contribution >= 0.6 is 23.2 Å². The van der Waals surface area contributed by atoms with Crippen LogP contribution in [0.5, 0.6) is 46.0 Å². The van der Waals surface area contributed by atoms with Crippen LogP contribution in [0, 0.1) is 11.8 Å². The predicted octanol–water partition coefficient (Wildman–Crippen LogP) is 0.311. The van der Waals surface area contributed by atoms with E-state index in [2.05, 4.69) is 37.2 Å². The summed E-state index contributed by atoms with van der Waals surface area (Å²) in [6.07, 6.45) is -18.0. The van der Waals surface area contributed by atoms with E-state index in [1.807, 2.05) is 13.8 Å². The van der Waals surface area contributed by atoms with Gasteiger partial charge >= 0.3 is 5.97 Å². The fraction of sp³-hybridized carbons (Fsp3) is 0.424. The maximum absolute atomic E-state index is 16.0. The highest BCUT2D eigenvalue weighted by molar-refractivity contribution is 6.32. The molecule has 11 bridgehead atoms. The molecule has 33 nitrogen and oxygen atoms in total. The molecule has 0 unspecified atom stereocenters. The number of primary amides is 1. The normalized spacial score (nSPS) is 29.4. The molecule has 0 aromatic heterocycles. The Morgan fingerprint density at radius 2 is 1.32 bits per heavy atom. The van der Waals surface area contributed by atoms with Crippen LogP contribution in [0.15, 0.2) is 78.9 Å². The Hall–Kier alpha value is -9.20. The standard InChI is InChI=1S/C66H75Cl2N9O24/c1-23(2)12-34(71-5)57(87)76-49-51(83)26-7-10-38(32(67)14-26)96-40-16-28-17-41(55(40)101-65-56(54(86)53(85)42(22-78)98-65)99-44-21-66(4,70)24(3)64(95)100-44)97-39-11-8-27(15-33(39)68)52(84)50-62(92)75-48(63(93)94)31-18-29(79)19-37(81)45(31)30-13-25(6-9-36(30)80)46(59(89)77-50)74-60(90)47(28)73-58(88)35(20-43(69)82)72-61(49)91/h6-11,13-19,23-24,34-35,42,44,46-54,56,64-65,71,78-81,83-86,95H,12,20-22,70H2,1-5H3,(H2,69,82)(H,72,91)(H,73,88)(H,74,90)(H,75,92)(H,76,87)(H,77,89)(H,93,94)/t24-,34-,35+,42+,44-,46-,47-,48+,49-,50+,51-,52-,53+,54-,56+,64-,65-,66+/m1/s1. The molecule has 101 heavy (non-hydrogen) atoms. The molecule has 0 radical (unpaired) electrons. The molecule has 5 aromatic rings. The summed E-state index contributed by atoms with van der Waals surface area (Å²) < 4.78 is 38.0. The molecule has 2 saturated heterocycles. The zero-order valence-electron chi connectivity index (χ0n) is 54.3.